The summed E-state index contributed by atoms with van der Waals surface area (Å²) >= 11 is 0. The summed E-state index contributed by atoms with van der Waals surface area (Å²) in [6.07, 6.45) is 0. The van der Waals surface area contributed by atoms with Gasteiger partial charge >= 0.3 is 5.97 Å². The highest BCUT2D eigenvalue weighted by Crippen LogP contribution is 2.31. The Morgan fingerprint density at radius 3 is 2.93 bits per heavy atom. The first kappa shape index (κ1) is 9.98. The first-order valence-corrected chi connectivity index (χ1v) is 4.82. The molecule has 15 heavy (non-hydrogen) atoms. The maximum atomic E-state index is 11.3. The molecule has 2 unspecified atom stereocenters. The van der Waals surface area contributed by atoms with E-state index in [9.17, 15) is 9.90 Å². The van der Waals surface area contributed by atoms with Gasteiger partial charge in [0, 0.05) is 12.6 Å². The minimum Gasteiger partial charge on any atom is -0.508 e. The SMILES string of the molecule is COC(=O)C1CNC1c1cccc(O)c1. The van der Waals surface area contributed by atoms with E-state index in [1.54, 1.807) is 18.2 Å². The minimum atomic E-state index is -0.206. The number of aromatic hydroxyl groups is 1. The van der Waals surface area contributed by atoms with Gasteiger partial charge in [-0.05, 0) is 17.7 Å². The first-order chi connectivity index (χ1) is 7.22. The number of phenols is 1. The number of nitrogens with one attached hydrogen (secondary N) is 1. The van der Waals surface area contributed by atoms with Gasteiger partial charge in [0.05, 0.1) is 13.0 Å². The molecule has 0 saturated carbocycles. The largest absolute Gasteiger partial charge is 0.508 e. The smallest absolute Gasteiger partial charge is 0.311 e. The Morgan fingerprint density at radius 1 is 1.60 bits per heavy atom. The van der Waals surface area contributed by atoms with Crippen molar-refractivity contribution in [2.75, 3.05) is 13.7 Å². The molecule has 0 aliphatic carbocycles. The Morgan fingerprint density at radius 2 is 2.40 bits per heavy atom. The maximum absolute atomic E-state index is 11.3. The highest BCUT2D eigenvalue weighted by atomic mass is 16.5. The number of ether oxygens (including phenoxy) is 1. The van der Waals surface area contributed by atoms with Crippen LogP contribution in [0.4, 0.5) is 0 Å². The zero-order valence-corrected chi connectivity index (χ0v) is 8.43. The molecule has 2 atom stereocenters. The van der Waals surface area contributed by atoms with Gasteiger partial charge in [-0.3, -0.25) is 4.79 Å². The van der Waals surface area contributed by atoms with Gasteiger partial charge in [0.25, 0.3) is 0 Å². The number of methoxy groups -OCH3 is 1. The number of hydrogen-bond donors (Lipinski definition) is 2. The molecular formula is C11H13NO3. The molecule has 1 aromatic carbocycles. The van der Waals surface area contributed by atoms with Crippen molar-refractivity contribution in [3.05, 3.63) is 29.8 Å². The van der Waals surface area contributed by atoms with Gasteiger partial charge < -0.3 is 15.2 Å². The summed E-state index contributed by atoms with van der Waals surface area (Å²) in [4.78, 5) is 11.3. The van der Waals surface area contributed by atoms with Gasteiger partial charge in [-0.2, -0.15) is 0 Å². The molecular weight excluding hydrogens is 194 g/mol. The fourth-order valence-corrected chi connectivity index (χ4v) is 1.79. The predicted octanol–water partition coefficient (Wildman–Crippen LogP) is 0.826. The van der Waals surface area contributed by atoms with Crippen molar-refractivity contribution < 1.29 is 14.6 Å². The van der Waals surface area contributed by atoms with Crippen LogP contribution >= 0.6 is 0 Å². The van der Waals surface area contributed by atoms with E-state index in [0.717, 1.165) is 5.56 Å². The Hall–Kier alpha value is -1.55. The van der Waals surface area contributed by atoms with Crippen molar-refractivity contribution in [3.63, 3.8) is 0 Å². The molecule has 1 aliphatic rings. The number of phenolic OH excluding ortho intramolecular Hbond substituents is 1. The Bertz CT molecular complexity index is 378. The van der Waals surface area contributed by atoms with E-state index in [1.807, 2.05) is 6.07 Å². The maximum Gasteiger partial charge on any atom is 0.311 e. The summed E-state index contributed by atoms with van der Waals surface area (Å²) in [5, 5.41) is 12.5. The summed E-state index contributed by atoms with van der Waals surface area (Å²) in [5.74, 6) is -0.135. The van der Waals surface area contributed by atoms with Crippen LogP contribution in [-0.4, -0.2) is 24.7 Å². The molecule has 1 fully saturated rings. The fourth-order valence-electron chi connectivity index (χ4n) is 1.79. The van der Waals surface area contributed by atoms with Gasteiger partial charge in [0.15, 0.2) is 0 Å². The molecule has 0 spiro atoms. The summed E-state index contributed by atoms with van der Waals surface area (Å²) in [6, 6.07) is 6.87. The van der Waals surface area contributed by atoms with Crippen LogP contribution in [0.3, 0.4) is 0 Å². The molecule has 1 aromatic rings. The molecule has 0 aromatic heterocycles. The molecule has 2 N–H and O–H groups in total. The topological polar surface area (TPSA) is 58.6 Å². The number of esters is 1. The molecule has 1 saturated heterocycles. The third-order valence-corrected chi connectivity index (χ3v) is 2.69. The van der Waals surface area contributed by atoms with Crippen LogP contribution in [0.5, 0.6) is 5.75 Å². The van der Waals surface area contributed by atoms with E-state index >= 15 is 0 Å². The van der Waals surface area contributed by atoms with E-state index in [1.165, 1.54) is 7.11 Å². The van der Waals surface area contributed by atoms with Gasteiger partial charge in [-0.25, -0.2) is 0 Å². The average molecular weight is 207 g/mol. The molecule has 80 valence electrons. The van der Waals surface area contributed by atoms with E-state index in [4.69, 9.17) is 4.74 Å². The van der Waals surface area contributed by atoms with Crippen LogP contribution in [0, 0.1) is 5.92 Å². The molecule has 0 radical (unpaired) electrons. The lowest BCUT2D eigenvalue weighted by Crippen LogP contribution is -2.50. The van der Waals surface area contributed by atoms with Crippen molar-refractivity contribution in [1.29, 1.82) is 0 Å². The average Bonchev–Trinajstić information content (AvgIpc) is 2.16. The zero-order valence-electron chi connectivity index (χ0n) is 8.43. The van der Waals surface area contributed by atoms with Gasteiger partial charge in [0.2, 0.25) is 0 Å². The first-order valence-electron chi connectivity index (χ1n) is 4.82. The summed E-state index contributed by atoms with van der Waals surface area (Å²) in [6.45, 7) is 0.632. The fraction of sp³-hybridized carbons (Fsp3) is 0.364. The van der Waals surface area contributed by atoms with Crippen molar-refractivity contribution in [1.82, 2.24) is 5.32 Å². The van der Waals surface area contributed by atoms with Crippen LogP contribution in [0.25, 0.3) is 0 Å². The van der Waals surface area contributed by atoms with Crippen molar-refractivity contribution in [3.8, 4) is 5.75 Å². The zero-order chi connectivity index (χ0) is 10.8. The molecule has 4 heteroatoms. The number of carbonyl (C=O) groups is 1. The quantitative estimate of drug-likeness (QED) is 0.705. The lowest BCUT2D eigenvalue weighted by molar-refractivity contribution is -0.149. The normalized spacial score (nSPS) is 24.3. The standard InChI is InChI=1S/C11H13NO3/c1-15-11(14)9-6-12-10(9)7-3-2-4-8(13)5-7/h2-5,9-10,12-13H,6H2,1H3. The van der Waals surface area contributed by atoms with Crippen LogP contribution in [0.2, 0.25) is 0 Å². The second-order valence-electron chi connectivity index (χ2n) is 3.61. The van der Waals surface area contributed by atoms with Gasteiger partial charge in [0.1, 0.15) is 5.75 Å². The van der Waals surface area contributed by atoms with E-state index in [-0.39, 0.29) is 23.7 Å². The van der Waals surface area contributed by atoms with Crippen LogP contribution in [-0.2, 0) is 9.53 Å². The second kappa shape index (κ2) is 3.90. The van der Waals surface area contributed by atoms with Crippen molar-refractivity contribution in [2.45, 2.75) is 6.04 Å². The molecule has 2 rings (SSSR count). The predicted molar refractivity (Wildman–Crippen MR) is 54.4 cm³/mol. The summed E-state index contributed by atoms with van der Waals surface area (Å²) in [5.41, 5.74) is 0.914. The van der Waals surface area contributed by atoms with E-state index < -0.39 is 0 Å². The van der Waals surface area contributed by atoms with Crippen LogP contribution in [0.15, 0.2) is 24.3 Å². The molecule has 4 nitrogen and oxygen atoms in total. The van der Waals surface area contributed by atoms with E-state index in [0.29, 0.717) is 6.54 Å². The highest BCUT2D eigenvalue weighted by molar-refractivity contribution is 5.75. The lowest BCUT2D eigenvalue weighted by atomic mass is 9.86. The molecule has 0 amide bonds. The van der Waals surface area contributed by atoms with E-state index in [2.05, 4.69) is 5.32 Å². The number of hydrogen-bond acceptors (Lipinski definition) is 4. The molecule has 1 aliphatic heterocycles. The molecule has 1 heterocycles. The van der Waals surface area contributed by atoms with Crippen molar-refractivity contribution >= 4 is 5.97 Å². The third-order valence-electron chi connectivity index (χ3n) is 2.69. The number of rotatable bonds is 2. The monoisotopic (exact) mass is 207 g/mol. The Labute approximate surface area is 87.9 Å². The molecule has 0 bridgehead atoms. The van der Waals surface area contributed by atoms with Gasteiger partial charge in [-0.15, -0.1) is 0 Å². The van der Waals surface area contributed by atoms with Crippen LogP contribution < -0.4 is 5.32 Å². The van der Waals surface area contributed by atoms with Gasteiger partial charge in [-0.1, -0.05) is 12.1 Å². The number of benzene rings is 1. The lowest BCUT2D eigenvalue weighted by Gasteiger charge is -2.36. The summed E-state index contributed by atoms with van der Waals surface area (Å²) < 4.78 is 4.69. The Kier molecular flexibility index (Phi) is 2.60. The highest BCUT2D eigenvalue weighted by Gasteiger charge is 2.38. The van der Waals surface area contributed by atoms with Crippen LogP contribution in [0.1, 0.15) is 11.6 Å². The second-order valence-corrected chi connectivity index (χ2v) is 3.61. The number of carbonyl (C=O) groups excluding carboxylic acids is 1. The minimum absolute atomic E-state index is 0.0375. The third kappa shape index (κ3) is 1.80. The summed E-state index contributed by atoms with van der Waals surface area (Å²) in [7, 11) is 1.39. The van der Waals surface area contributed by atoms with Crippen molar-refractivity contribution in [2.24, 2.45) is 5.92 Å². The Balaban J connectivity index is 2.15.